The van der Waals surface area contributed by atoms with Crippen molar-refractivity contribution in [2.75, 3.05) is 39.8 Å². The Morgan fingerprint density at radius 2 is 1.67 bits per heavy atom. The van der Waals surface area contributed by atoms with E-state index in [2.05, 4.69) is 0 Å². The molecule has 176 valence electrons. The maximum absolute atomic E-state index is 12.9. The molecule has 1 aliphatic rings. The average Bonchev–Trinajstić information content (AvgIpc) is 2.80. The third-order valence-corrected chi connectivity index (χ3v) is 9.12. The molecular weight excluding hydrogens is 468 g/mol. The van der Waals surface area contributed by atoms with Crippen LogP contribution >= 0.6 is 0 Å². The number of piperazine rings is 1. The van der Waals surface area contributed by atoms with Crippen molar-refractivity contribution in [3.63, 3.8) is 0 Å². The van der Waals surface area contributed by atoms with Gasteiger partial charge in [-0.05, 0) is 48.9 Å². The molecule has 2 aromatic carbocycles. The minimum Gasteiger partial charge on any atom is -0.507 e. The standard InChI is InChI=1S/C21H24N4O6S2/c1-16-3-8-19(26)20(13-16)33(30,31)25-11-9-24(10-12-25)21(27)15-23(2)32(28,29)18-6-4-17(14-22)5-7-18/h3-8,13,26H,9-12,15H2,1-2H3. The SMILES string of the molecule is Cc1ccc(O)c(S(=O)(=O)N2CCN(C(=O)CN(C)S(=O)(=O)c3ccc(C#N)cc3)CC2)c1. The van der Waals surface area contributed by atoms with Crippen LogP contribution in [0.3, 0.4) is 0 Å². The van der Waals surface area contributed by atoms with Crippen LogP contribution in [0.2, 0.25) is 0 Å². The third kappa shape index (κ3) is 5.17. The number of likely N-dealkylation sites (N-methyl/N-ethyl adjacent to an activating group) is 1. The van der Waals surface area contributed by atoms with Gasteiger partial charge in [0.1, 0.15) is 10.6 Å². The predicted molar refractivity (Wildman–Crippen MR) is 119 cm³/mol. The number of rotatable bonds is 6. The number of sulfonamides is 2. The van der Waals surface area contributed by atoms with E-state index in [-0.39, 0.29) is 41.7 Å². The predicted octanol–water partition coefficient (Wildman–Crippen LogP) is 0.726. The van der Waals surface area contributed by atoms with E-state index in [9.17, 15) is 26.7 Å². The highest BCUT2D eigenvalue weighted by Gasteiger charge is 2.33. The fourth-order valence-corrected chi connectivity index (χ4v) is 6.11. The Hall–Kier alpha value is -2.98. The molecule has 0 unspecified atom stereocenters. The third-order valence-electron chi connectivity index (χ3n) is 5.37. The summed E-state index contributed by atoms with van der Waals surface area (Å²) in [6.45, 7) is 1.54. The van der Waals surface area contributed by atoms with Crippen molar-refractivity contribution < 1.29 is 26.7 Å². The maximum atomic E-state index is 12.9. The summed E-state index contributed by atoms with van der Waals surface area (Å²) in [5, 5.41) is 18.8. The topological polar surface area (TPSA) is 139 Å². The van der Waals surface area contributed by atoms with E-state index in [0.717, 1.165) is 4.31 Å². The molecule has 1 amide bonds. The van der Waals surface area contributed by atoms with Gasteiger partial charge in [-0.15, -0.1) is 0 Å². The second-order valence-electron chi connectivity index (χ2n) is 7.65. The Morgan fingerprint density at radius 1 is 1.06 bits per heavy atom. The Balaban J connectivity index is 1.64. The zero-order valence-electron chi connectivity index (χ0n) is 18.2. The number of nitrogens with zero attached hydrogens (tertiary/aromatic N) is 4. The van der Waals surface area contributed by atoms with Gasteiger partial charge in [-0.2, -0.15) is 13.9 Å². The van der Waals surface area contributed by atoms with Crippen molar-refractivity contribution >= 4 is 26.0 Å². The van der Waals surface area contributed by atoms with Crippen molar-refractivity contribution in [1.82, 2.24) is 13.5 Å². The molecule has 0 atom stereocenters. The number of hydrogen-bond donors (Lipinski definition) is 1. The smallest absolute Gasteiger partial charge is 0.246 e. The highest BCUT2D eigenvalue weighted by Crippen LogP contribution is 2.27. The molecule has 33 heavy (non-hydrogen) atoms. The maximum Gasteiger partial charge on any atom is 0.246 e. The number of amides is 1. The van der Waals surface area contributed by atoms with Crippen LogP contribution in [0.5, 0.6) is 5.75 Å². The second kappa shape index (κ2) is 9.48. The van der Waals surface area contributed by atoms with E-state index >= 15 is 0 Å². The van der Waals surface area contributed by atoms with Crippen molar-refractivity contribution in [1.29, 1.82) is 5.26 Å². The lowest BCUT2D eigenvalue weighted by Crippen LogP contribution is -2.52. The number of phenols is 1. The molecule has 2 aromatic rings. The summed E-state index contributed by atoms with van der Waals surface area (Å²) in [5.41, 5.74) is 1.01. The molecule has 1 saturated heterocycles. The number of aromatic hydroxyl groups is 1. The van der Waals surface area contributed by atoms with Crippen LogP contribution < -0.4 is 0 Å². The monoisotopic (exact) mass is 492 g/mol. The van der Waals surface area contributed by atoms with Gasteiger partial charge in [0, 0.05) is 33.2 Å². The molecule has 0 spiro atoms. The molecule has 1 N–H and O–H groups in total. The number of phenolic OH excluding ortho intramolecular Hbond substituents is 1. The summed E-state index contributed by atoms with van der Waals surface area (Å²) in [6.07, 6.45) is 0. The molecule has 0 aromatic heterocycles. The van der Waals surface area contributed by atoms with Crippen LogP contribution in [0.15, 0.2) is 52.3 Å². The number of nitriles is 1. The van der Waals surface area contributed by atoms with Crippen molar-refractivity contribution in [2.24, 2.45) is 0 Å². The van der Waals surface area contributed by atoms with Crippen LogP contribution in [0.25, 0.3) is 0 Å². The molecule has 0 saturated carbocycles. The van der Waals surface area contributed by atoms with Crippen LogP contribution in [-0.4, -0.2) is 81.1 Å². The van der Waals surface area contributed by atoms with Crippen molar-refractivity contribution in [3.8, 4) is 11.8 Å². The normalized spacial score (nSPS) is 15.4. The van der Waals surface area contributed by atoms with E-state index < -0.39 is 32.5 Å². The molecule has 3 rings (SSSR count). The Bertz CT molecular complexity index is 1290. The first-order chi connectivity index (χ1) is 15.5. The summed E-state index contributed by atoms with van der Waals surface area (Å²) in [5.74, 6) is -0.793. The van der Waals surface area contributed by atoms with E-state index in [1.807, 2.05) is 6.07 Å². The number of benzene rings is 2. The van der Waals surface area contributed by atoms with Crippen LogP contribution in [-0.2, 0) is 24.8 Å². The summed E-state index contributed by atoms with van der Waals surface area (Å²) < 4.78 is 53.3. The van der Waals surface area contributed by atoms with Gasteiger partial charge in [0.05, 0.1) is 23.1 Å². The first-order valence-corrected chi connectivity index (χ1v) is 12.9. The Morgan fingerprint density at radius 3 is 2.24 bits per heavy atom. The average molecular weight is 493 g/mol. The van der Waals surface area contributed by atoms with Gasteiger partial charge in [0.25, 0.3) is 0 Å². The first-order valence-electron chi connectivity index (χ1n) is 10.0. The number of aryl methyl sites for hydroxylation is 1. The fraction of sp³-hybridized carbons (Fsp3) is 0.333. The van der Waals surface area contributed by atoms with Gasteiger partial charge < -0.3 is 10.0 Å². The lowest BCUT2D eigenvalue weighted by atomic mass is 10.2. The van der Waals surface area contributed by atoms with Gasteiger partial charge >= 0.3 is 0 Å². The molecule has 0 bridgehead atoms. The summed E-state index contributed by atoms with van der Waals surface area (Å²) >= 11 is 0. The lowest BCUT2D eigenvalue weighted by molar-refractivity contribution is -0.132. The molecule has 10 nitrogen and oxygen atoms in total. The molecule has 1 aliphatic heterocycles. The van der Waals surface area contributed by atoms with E-state index in [1.165, 1.54) is 52.7 Å². The summed E-state index contributed by atoms with van der Waals surface area (Å²) in [7, 11) is -6.59. The van der Waals surface area contributed by atoms with Gasteiger partial charge in [0.2, 0.25) is 26.0 Å². The number of hydrogen-bond acceptors (Lipinski definition) is 7. The van der Waals surface area contributed by atoms with Gasteiger partial charge in [-0.3, -0.25) is 4.79 Å². The van der Waals surface area contributed by atoms with E-state index in [0.29, 0.717) is 11.1 Å². The molecule has 0 aliphatic carbocycles. The zero-order chi connectivity index (χ0) is 24.4. The van der Waals surface area contributed by atoms with Crippen LogP contribution in [0, 0.1) is 18.3 Å². The molecule has 1 heterocycles. The molecule has 0 radical (unpaired) electrons. The Kier molecular flexibility index (Phi) is 7.08. The lowest BCUT2D eigenvalue weighted by Gasteiger charge is -2.34. The summed E-state index contributed by atoms with van der Waals surface area (Å²) in [4.78, 5) is 13.9. The Labute approximate surface area is 193 Å². The highest BCUT2D eigenvalue weighted by molar-refractivity contribution is 7.89. The largest absolute Gasteiger partial charge is 0.507 e. The summed E-state index contributed by atoms with van der Waals surface area (Å²) in [6, 6.07) is 11.6. The quantitative estimate of drug-likeness (QED) is 0.627. The number of carbonyl (C=O) groups excluding carboxylic acids is 1. The zero-order valence-corrected chi connectivity index (χ0v) is 19.8. The molecule has 12 heteroatoms. The fourth-order valence-electron chi connectivity index (χ4n) is 3.40. The minimum atomic E-state index is -3.94. The molecular formula is C21H24N4O6S2. The van der Waals surface area contributed by atoms with Crippen molar-refractivity contribution in [3.05, 3.63) is 53.6 Å². The molecule has 1 fully saturated rings. The second-order valence-corrected chi connectivity index (χ2v) is 11.6. The van der Waals surface area contributed by atoms with E-state index in [1.54, 1.807) is 13.0 Å². The van der Waals surface area contributed by atoms with Crippen LogP contribution in [0.1, 0.15) is 11.1 Å². The van der Waals surface area contributed by atoms with Gasteiger partial charge in [-0.1, -0.05) is 6.07 Å². The highest BCUT2D eigenvalue weighted by atomic mass is 32.2. The number of carbonyl (C=O) groups is 1. The van der Waals surface area contributed by atoms with E-state index in [4.69, 9.17) is 5.26 Å². The van der Waals surface area contributed by atoms with Gasteiger partial charge in [-0.25, -0.2) is 16.8 Å². The minimum absolute atomic E-state index is 0.0214. The van der Waals surface area contributed by atoms with Crippen molar-refractivity contribution in [2.45, 2.75) is 16.7 Å². The van der Waals surface area contributed by atoms with Gasteiger partial charge in [0.15, 0.2) is 0 Å². The van der Waals surface area contributed by atoms with Crippen LogP contribution in [0.4, 0.5) is 0 Å². The first kappa shape index (κ1) is 24.7.